The molecule has 0 aliphatic heterocycles. The minimum absolute atomic E-state index is 0.666. The van der Waals surface area contributed by atoms with Crippen LogP contribution in [0.1, 0.15) is 0 Å². The molecule has 8 aromatic carbocycles. The molecule has 2 heterocycles. The third-order valence-corrected chi connectivity index (χ3v) is 11.1. The van der Waals surface area contributed by atoms with Gasteiger partial charge in [-0.15, -0.1) is 11.3 Å². The number of aromatic nitrogens is 3. The zero-order valence-corrected chi connectivity index (χ0v) is 27.0. The molecule has 1 aliphatic carbocycles. The standard InChI is InChI=1S/C45H25N3S/c1-2-10-28(11-3-1)43-46-44(30-21-22-32-33-15-6-12-27-13-7-16-34(41(27)33)37(32)23-30)48-45(47-43)35-17-8-18-39-42(35)38-25-36-29(24-40(38)49-39)20-19-26-9-4-5-14-31(26)36/h1-25H. The van der Waals surface area contributed by atoms with Crippen LogP contribution in [0.4, 0.5) is 0 Å². The molecule has 0 bridgehead atoms. The second-order valence-corrected chi connectivity index (χ2v) is 13.9. The predicted molar refractivity (Wildman–Crippen MR) is 206 cm³/mol. The highest BCUT2D eigenvalue weighted by Crippen LogP contribution is 2.48. The van der Waals surface area contributed by atoms with Crippen molar-refractivity contribution in [3.63, 3.8) is 0 Å². The van der Waals surface area contributed by atoms with E-state index < -0.39 is 0 Å². The van der Waals surface area contributed by atoms with Crippen molar-refractivity contribution in [2.75, 3.05) is 0 Å². The number of benzene rings is 8. The molecule has 49 heavy (non-hydrogen) atoms. The van der Waals surface area contributed by atoms with Crippen molar-refractivity contribution in [1.82, 2.24) is 15.0 Å². The van der Waals surface area contributed by atoms with Gasteiger partial charge in [0.15, 0.2) is 17.5 Å². The average molecular weight is 640 g/mol. The monoisotopic (exact) mass is 639 g/mol. The number of nitrogens with zero attached hydrogens (tertiary/aromatic N) is 3. The fourth-order valence-electron chi connectivity index (χ4n) is 7.79. The smallest absolute Gasteiger partial charge is 0.164 e. The van der Waals surface area contributed by atoms with E-state index in [2.05, 4.69) is 133 Å². The van der Waals surface area contributed by atoms with Crippen LogP contribution in [-0.4, -0.2) is 15.0 Å². The van der Waals surface area contributed by atoms with Gasteiger partial charge in [-0.25, -0.2) is 15.0 Å². The van der Waals surface area contributed by atoms with Crippen LogP contribution in [0.15, 0.2) is 152 Å². The Kier molecular flexibility index (Phi) is 5.54. The molecule has 0 atom stereocenters. The molecule has 3 nitrogen and oxygen atoms in total. The van der Waals surface area contributed by atoms with Crippen molar-refractivity contribution in [2.45, 2.75) is 0 Å². The van der Waals surface area contributed by atoms with E-state index in [0.29, 0.717) is 17.5 Å². The van der Waals surface area contributed by atoms with E-state index >= 15 is 0 Å². The lowest BCUT2D eigenvalue weighted by Gasteiger charge is -2.11. The fraction of sp³-hybridized carbons (Fsp3) is 0. The molecule has 1 aliphatic rings. The molecule has 2 aromatic heterocycles. The molecule has 4 heteroatoms. The summed E-state index contributed by atoms with van der Waals surface area (Å²) in [5.74, 6) is 2.01. The zero-order chi connectivity index (χ0) is 32.1. The van der Waals surface area contributed by atoms with Crippen molar-refractivity contribution < 1.29 is 0 Å². The van der Waals surface area contributed by atoms with Gasteiger partial charge in [0.25, 0.3) is 0 Å². The molecule has 0 fully saturated rings. The van der Waals surface area contributed by atoms with Gasteiger partial charge in [-0.05, 0) is 78.8 Å². The maximum atomic E-state index is 5.25. The first-order valence-corrected chi connectivity index (χ1v) is 17.3. The summed E-state index contributed by atoms with van der Waals surface area (Å²) in [6.45, 7) is 0. The molecule has 0 amide bonds. The van der Waals surface area contributed by atoms with Crippen LogP contribution in [0.3, 0.4) is 0 Å². The number of hydrogen-bond acceptors (Lipinski definition) is 4. The summed E-state index contributed by atoms with van der Waals surface area (Å²) in [4.78, 5) is 15.5. The minimum Gasteiger partial charge on any atom is -0.208 e. The van der Waals surface area contributed by atoms with Gasteiger partial charge >= 0.3 is 0 Å². The average Bonchev–Trinajstić information content (AvgIpc) is 3.70. The van der Waals surface area contributed by atoms with Crippen molar-refractivity contribution in [3.05, 3.63) is 152 Å². The first-order valence-electron chi connectivity index (χ1n) is 16.5. The highest BCUT2D eigenvalue weighted by atomic mass is 32.1. The van der Waals surface area contributed by atoms with Crippen LogP contribution in [0.5, 0.6) is 0 Å². The number of fused-ring (bicyclic) bond motifs is 9. The molecule has 0 saturated carbocycles. The summed E-state index contributed by atoms with van der Waals surface area (Å²) >= 11 is 1.83. The van der Waals surface area contributed by atoms with Gasteiger partial charge in [-0.2, -0.15) is 0 Å². The normalized spacial score (nSPS) is 12.1. The highest BCUT2D eigenvalue weighted by molar-refractivity contribution is 7.26. The summed E-state index contributed by atoms with van der Waals surface area (Å²) < 4.78 is 2.48. The number of hydrogen-bond donors (Lipinski definition) is 0. The molecule has 0 saturated heterocycles. The summed E-state index contributed by atoms with van der Waals surface area (Å²) in [6, 6.07) is 54.3. The van der Waals surface area contributed by atoms with Crippen molar-refractivity contribution in [1.29, 1.82) is 0 Å². The van der Waals surface area contributed by atoms with E-state index in [9.17, 15) is 0 Å². The Morgan fingerprint density at radius 1 is 0.327 bits per heavy atom. The fourth-order valence-corrected chi connectivity index (χ4v) is 8.95. The third-order valence-electron chi connectivity index (χ3n) is 10.0. The van der Waals surface area contributed by atoms with Gasteiger partial charge in [0.1, 0.15) is 0 Å². The topological polar surface area (TPSA) is 38.7 Å². The van der Waals surface area contributed by atoms with Crippen LogP contribution in [0.25, 0.3) is 109 Å². The van der Waals surface area contributed by atoms with Crippen LogP contribution < -0.4 is 0 Å². The van der Waals surface area contributed by atoms with Crippen molar-refractivity contribution >= 4 is 63.8 Å². The second kappa shape index (κ2) is 10.1. The molecule has 10 aromatic rings. The maximum Gasteiger partial charge on any atom is 0.164 e. The number of rotatable bonds is 3. The lowest BCUT2D eigenvalue weighted by Crippen LogP contribution is -2.00. The molecular weight excluding hydrogens is 615 g/mol. The molecule has 226 valence electrons. The predicted octanol–water partition coefficient (Wildman–Crippen LogP) is 12.3. The van der Waals surface area contributed by atoms with Gasteiger partial charge < -0.3 is 0 Å². The van der Waals surface area contributed by atoms with Gasteiger partial charge in [0.2, 0.25) is 0 Å². The largest absolute Gasteiger partial charge is 0.208 e. The third kappa shape index (κ3) is 3.98. The quantitative estimate of drug-likeness (QED) is 0.181. The van der Waals surface area contributed by atoms with Crippen LogP contribution in [0.2, 0.25) is 0 Å². The first-order chi connectivity index (χ1) is 24.3. The van der Waals surface area contributed by atoms with Gasteiger partial charge in [-0.1, -0.05) is 127 Å². The molecule has 0 radical (unpaired) electrons. The summed E-state index contributed by atoms with van der Waals surface area (Å²) in [6.07, 6.45) is 0. The lowest BCUT2D eigenvalue weighted by atomic mass is 9.98. The van der Waals surface area contributed by atoms with E-state index in [1.54, 1.807) is 0 Å². The summed E-state index contributed by atoms with van der Waals surface area (Å²) in [5.41, 5.74) is 7.97. The Morgan fingerprint density at radius 2 is 1.02 bits per heavy atom. The maximum absolute atomic E-state index is 5.25. The Labute approximate surface area is 285 Å². The SMILES string of the molecule is c1ccc(-c2nc(-c3ccc4c(c3)-c3cccc5cccc-4c35)nc(-c3cccc4sc5cc6ccc7ccccc7c6cc5c34)n2)cc1. The van der Waals surface area contributed by atoms with E-state index in [1.165, 1.54) is 74.7 Å². The minimum atomic E-state index is 0.666. The Morgan fingerprint density at radius 3 is 1.90 bits per heavy atom. The van der Waals surface area contributed by atoms with Crippen LogP contribution >= 0.6 is 11.3 Å². The second-order valence-electron chi connectivity index (χ2n) is 12.8. The molecule has 0 unspecified atom stereocenters. The lowest BCUT2D eigenvalue weighted by molar-refractivity contribution is 1.08. The molecule has 0 spiro atoms. The van der Waals surface area contributed by atoms with Gasteiger partial charge in [-0.3, -0.25) is 0 Å². The van der Waals surface area contributed by atoms with Crippen molar-refractivity contribution in [3.8, 4) is 56.4 Å². The molecule has 0 N–H and O–H groups in total. The van der Waals surface area contributed by atoms with E-state index in [-0.39, 0.29) is 0 Å². The number of thiophene rings is 1. The summed E-state index contributed by atoms with van der Waals surface area (Å²) in [5, 5.41) is 10.0. The van der Waals surface area contributed by atoms with Crippen LogP contribution in [-0.2, 0) is 0 Å². The summed E-state index contributed by atoms with van der Waals surface area (Å²) in [7, 11) is 0. The van der Waals surface area contributed by atoms with E-state index in [1.807, 2.05) is 29.5 Å². The van der Waals surface area contributed by atoms with Gasteiger partial charge in [0.05, 0.1) is 0 Å². The molecular formula is C45H25N3S. The first kappa shape index (κ1) is 26.8. The van der Waals surface area contributed by atoms with Crippen molar-refractivity contribution in [2.24, 2.45) is 0 Å². The van der Waals surface area contributed by atoms with Crippen LogP contribution in [0, 0.1) is 0 Å². The van der Waals surface area contributed by atoms with E-state index in [4.69, 9.17) is 15.0 Å². The molecule has 11 rings (SSSR count). The highest BCUT2D eigenvalue weighted by Gasteiger charge is 2.23. The Bertz CT molecular complexity index is 2990. The zero-order valence-electron chi connectivity index (χ0n) is 26.2. The Hall–Kier alpha value is -6.23. The van der Waals surface area contributed by atoms with E-state index in [0.717, 1.165) is 16.7 Å². The van der Waals surface area contributed by atoms with Gasteiger partial charge in [0, 0.05) is 36.9 Å². The Balaban J connectivity index is 1.16.